The number of rotatable bonds is 3. The average Bonchev–Trinajstić information content (AvgIpc) is 2.90. The van der Waals surface area contributed by atoms with Gasteiger partial charge in [-0.25, -0.2) is 4.98 Å². The van der Waals surface area contributed by atoms with E-state index < -0.39 is 0 Å². The zero-order valence-electron chi connectivity index (χ0n) is 12.4. The first-order chi connectivity index (χ1) is 9.63. The lowest BCUT2D eigenvalue weighted by Gasteiger charge is -2.02. The van der Waals surface area contributed by atoms with Crippen molar-refractivity contribution in [1.29, 1.82) is 0 Å². The largest absolute Gasteiger partial charge is 0.358 e. The van der Waals surface area contributed by atoms with Crippen LogP contribution in [-0.4, -0.2) is 21.6 Å². The molecule has 0 aliphatic rings. The maximum atomic E-state index is 4.83. The van der Waals surface area contributed by atoms with Crippen LogP contribution >= 0.6 is 0 Å². The van der Waals surface area contributed by atoms with E-state index in [0.29, 0.717) is 0 Å². The fourth-order valence-electron chi connectivity index (χ4n) is 2.77. The highest BCUT2D eigenvalue weighted by Crippen LogP contribution is 2.33. The molecule has 0 aliphatic heterocycles. The van der Waals surface area contributed by atoms with Crippen LogP contribution in [0, 0.1) is 13.8 Å². The first kappa shape index (κ1) is 12.9. The van der Waals surface area contributed by atoms with Gasteiger partial charge in [0, 0.05) is 34.9 Å². The highest BCUT2D eigenvalue weighted by molar-refractivity contribution is 5.97. The van der Waals surface area contributed by atoms with Crippen molar-refractivity contribution in [2.24, 2.45) is 7.05 Å². The summed E-state index contributed by atoms with van der Waals surface area (Å²) in [6, 6.07) is 8.39. The molecule has 4 nitrogen and oxygen atoms in total. The normalized spacial score (nSPS) is 11.4. The van der Waals surface area contributed by atoms with Gasteiger partial charge in [-0.2, -0.15) is 0 Å². The molecular formula is C16H20N4. The molecule has 0 fully saturated rings. The number of hydrogen-bond donors (Lipinski definition) is 2. The number of benzene rings is 1. The minimum atomic E-state index is 0.777. The second-order valence-electron chi connectivity index (χ2n) is 5.22. The second-order valence-corrected chi connectivity index (χ2v) is 5.22. The van der Waals surface area contributed by atoms with Crippen molar-refractivity contribution in [1.82, 2.24) is 19.9 Å². The molecule has 0 bridgehead atoms. The number of hydrogen-bond acceptors (Lipinski definition) is 2. The van der Waals surface area contributed by atoms with E-state index in [1.165, 1.54) is 27.9 Å². The third-order valence-corrected chi connectivity index (χ3v) is 3.94. The van der Waals surface area contributed by atoms with Crippen LogP contribution < -0.4 is 5.32 Å². The maximum Gasteiger partial charge on any atom is 0.123 e. The predicted molar refractivity (Wildman–Crippen MR) is 82.7 cm³/mol. The number of H-pyrrole nitrogens is 1. The molecule has 0 saturated heterocycles. The van der Waals surface area contributed by atoms with Gasteiger partial charge in [0.1, 0.15) is 5.82 Å². The van der Waals surface area contributed by atoms with Crippen molar-refractivity contribution in [3.05, 3.63) is 41.5 Å². The monoisotopic (exact) mass is 268 g/mol. The number of nitrogens with zero attached hydrogens (tertiary/aromatic N) is 2. The Morgan fingerprint density at radius 1 is 1.25 bits per heavy atom. The highest BCUT2D eigenvalue weighted by atomic mass is 15.1. The first-order valence-electron chi connectivity index (χ1n) is 6.88. The molecule has 0 radical (unpaired) electrons. The lowest BCUT2D eigenvalue weighted by atomic mass is 10.1. The molecule has 4 heteroatoms. The molecule has 3 rings (SSSR count). The summed E-state index contributed by atoms with van der Waals surface area (Å²) in [6.45, 7) is 5.02. The average molecular weight is 268 g/mol. The molecule has 0 saturated carbocycles. The van der Waals surface area contributed by atoms with E-state index in [-0.39, 0.29) is 0 Å². The van der Waals surface area contributed by atoms with Crippen LogP contribution in [0.4, 0.5) is 0 Å². The second kappa shape index (κ2) is 4.80. The molecule has 0 aliphatic carbocycles. The fourth-order valence-corrected chi connectivity index (χ4v) is 2.77. The van der Waals surface area contributed by atoms with E-state index >= 15 is 0 Å². The van der Waals surface area contributed by atoms with E-state index in [1.54, 1.807) is 0 Å². The van der Waals surface area contributed by atoms with Gasteiger partial charge >= 0.3 is 0 Å². The zero-order chi connectivity index (χ0) is 14.3. The van der Waals surface area contributed by atoms with E-state index in [1.807, 2.05) is 7.05 Å². The Labute approximate surface area is 118 Å². The fraction of sp³-hybridized carbons (Fsp3) is 0.312. The Kier molecular flexibility index (Phi) is 3.10. The van der Waals surface area contributed by atoms with Crippen molar-refractivity contribution in [3.63, 3.8) is 0 Å². The molecule has 3 aromatic rings. The van der Waals surface area contributed by atoms with Crippen molar-refractivity contribution >= 4 is 10.9 Å². The van der Waals surface area contributed by atoms with Crippen molar-refractivity contribution in [2.45, 2.75) is 20.4 Å². The number of aromatic amines is 1. The molecule has 104 valence electrons. The third kappa shape index (κ3) is 1.84. The van der Waals surface area contributed by atoms with Crippen molar-refractivity contribution in [3.8, 4) is 11.3 Å². The van der Waals surface area contributed by atoms with Gasteiger partial charge in [0.25, 0.3) is 0 Å². The number of nitrogens with one attached hydrogen (secondary N) is 2. The molecule has 20 heavy (non-hydrogen) atoms. The number of aryl methyl sites for hydroxylation is 1. The van der Waals surface area contributed by atoms with Crippen molar-refractivity contribution < 1.29 is 0 Å². The zero-order valence-corrected chi connectivity index (χ0v) is 12.4. The summed E-state index contributed by atoms with van der Waals surface area (Å²) in [5.41, 5.74) is 5.83. The summed E-state index contributed by atoms with van der Waals surface area (Å²) in [5.74, 6) is 1.06. The van der Waals surface area contributed by atoms with E-state index in [0.717, 1.165) is 18.1 Å². The van der Waals surface area contributed by atoms with Crippen LogP contribution in [0.1, 0.15) is 17.2 Å². The molecular weight excluding hydrogens is 248 g/mol. The number of imidazole rings is 1. The van der Waals surface area contributed by atoms with Crippen molar-refractivity contribution in [2.75, 3.05) is 7.05 Å². The van der Waals surface area contributed by atoms with Crippen LogP contribution in [0.5, 0.6) is 0 Å². The van der Waals surface area contributed by atoms with Gasteiger partial charge < -0.3 is 14.9 Å². The molecule has 0 unspecified atom stereocenters. The van der Waals surface area contributed by atoms with Gasteiger partial charge in [-0.15, -0.1) is 0 Å². The van der Waals surface area contributed by atoms with Gasteiger partial charge in [-0.3, -0.25) is 0 Å². The molecule has 0 amide bonds. The van der Waals surface area contributed by atoms with Gasteiger partial charge in [-0.1, -0.05) is 18.2 Å². The SMILES string of the molecule is CNCc1nc(-c2c(C)[nH]c3ccccc23)c(C)n1C. The number of aromatic nitrogens is 3. The summed E-state index contributed by atoms with van der Waals surface area (Å²) in [4.78, 5) is 8.28. The molecule has 1 aromatic carbocycles. The van der Waals surface area contributed by atoms with Gasteiger partial charge in [0.2, 0.25) is 0 Å². The standard InChI is InChI=1S/C16H20N4/c1-10-15(12-7-5-6-8-13(12)18-10)16-11(2)20(4)14(19-16)9-17-3/h5-8,17-18H,9H2,1-4H3. The number of para-hydroxylation sites is 1. The maximum absolute atomic E-state index is 4.83. The van der Waals surface area contributed by atoms with E-state index in [9.17, 15) is 0 Å². The summed E-state index contributed by atoms with van der Waals surface area (Å²) >= 11 is 0. The summed E-state index contributed by atoms with van der Waals surface area (Å²) in [7, 11) is 4.02. The number of fused-ring (bicyclic) bond motifs is 1. The summed E-state index contributed by atoms with van der Waals surface area (Å²) in [5, 5.41) is 4.41. The first-order valence-corrected chi connectivity index (χ1v) is 6.88. The summed E-state index contributed by atoms with van der Waals surface area (Å²) < 4.78 is 2.16. The molecule has 2 heterocycles. The Balaban J connectivity index is 2.26. The lowest BCUT2D eigenvalue weighted by Crippen LogP contribution is -2.10. The third-order valence-electron chi connectivity index (χ3n) is 3.94. The quantitative estimate of drug-likeness (QED) is 0.767. The smallest absolute Gasteiger partial charge is 0.123 e. The Bertz CT molecular complexity index is 764. The van der Waals surface area contributed by atoms with Crippen LogP contribution in [0.2, 0.25) is 0 Å². The molecule has 2 N–H and O–H groups in total. The highest BCUT2D eigenvalue weighted by Gasteiger charge is 2.18. The van der Waals surface area contributed by atoms with Crippen LogP contribution in [-0.2, 0) is 13.6 Å². The molecule has 2 aromatic heterocycles. The Hall–Kier alpha value is -2.07. The Morgan fingerprint density at radius 2 is 2.00 bits per heavy atom. The topological polar surface area (TPSA) is 45.6 Å². The minimum Gasteiger partial charge on any atom is -0.358 e. The molecule has 0 spiro atoms. The van der Waals surface area contributed by atoms with Gasteiger partial charge in [-0.05, 0) is 27.0 Å². The Morgan fingerprint density at radius 3 is 2.75 bits per heavy atom. The predicted octanol–water partition coefficient (Wildman–Crippen LogP) is 2.90. The lowest BCUT2D eigenvalue weighted by molar-refractivity contribution is 0.701. The molecule has 0 atom stereocenters. The van der Waals surface area contributed by atoms with Crippen LogP contribution in [0.3, 0.4) is 0 Å². The van der Waals surface area contributed by atoms with Gasteiger partial charge in [0.15, 0.2) is 0 Å². The summed E-state index contributed by atoms with van der Waals surface area (Å²) in [6.07, 6.45) is 0. The van der Waals surface area contributed by atoms with Gasteiger partial charge in [0.05, 0.1) is 12.2 Å². The minimum absolute atomic E-state index is 0.777. The van der Waals surface area contributed by atoms with E-state index in [2.05, 4.69) is 60.0 Å². The van der Waals surface area contributed by atoms with Crippen LogP contribution in [0.15, 0.2) is 24.3 Å². The van der Waals surface area contributed by atoms with Crippen LogP contribution in [0.25, 0.3) is 22.2 Å². The van der Waals surface area contributed by atoms with E-state index in [4.69, 9.17) is 4.98 Å².